The molecule has 2 heterocycles. The zero-order valence-electron chi connectivity index (χ0n) is 65.9. The number of likely N-dealkylation sites (N-methyl/N-ethyl adjacent to an activating group) is 7. The van der Waals surface area contributed by atoms with Crippen LogP contribution in [0.4, 0.5) is 0 Å². The third-order valence-corrected chi connectivity index (χ3v) is 19.5. The van der Waals surface area contributed by atoms with Gasteiger partial charge < -0.3 is 70.0 Å². The van der Waals surface area contributed by atoms with E-state index in [4.69, 9.17) is 4.74 Å². The van der Waals surface area contributed by atoms with E-state index < -0.39 is 162 Å². The molecule has 0 unspecified atom stereocenters. The minimum atomic E-state index is -1.74. The summed E-state index contributed by atoms with van der Waals surface area (Å²) in [6.45, 7) is 27.9. The Labute approximate surface area is 616 Å². The van der Waals surface area contributed by atoms with Crippen molar-refractivity contribution in [3.05, 3.63) is 72.3 Å². The Bertz CT molecular complexity index is 3480. The van der Waals surface area contributed by atoms with Crippen LogP contribution in [0.25, 0.3) is 16.8 Å². The molecule has 1 aliphatic rings. The molecule has 3 aromatic rings. The second-order valence-electron chi connectivity index (χ2n) is 30.6. The zero-order valence-corrected chi connectivity index (χ0v) is 65.9. The molecule has 2 aromatic carbocycles. The number of imidazole rings is 1. The number of aliphatic hydroxyl groups is 1. The summed E-state index contributed by atoms with van der Waals surface area (Å²) in [5, 5.41) is 25.1. The average molecular weight is 1450 g/mol. The van der Waals surface area contributed by atoms with Crippen molar-refractivity contribution in [1.29, 1.82) is 0 Å². The summed E-state index contributed by atoms with van der Waals surface area (Å²) in [4.78, 5) is 189. The van der Waals surface area contributed by atoms with Crippen molar-refractivity contribution < 1.29 is 67.4 Å². The summed E-state index contributed by atoms with van der Waals surface area (Å²) in [6, 6.07) is -2.07. The number of hydrogen-bond acceptors (Lipinski definition) is 15. The molecule has 5 N–H and O–H groups in total. The van der Waals surface area contributed by atoms with Gasteiger partial charge >= 0.3 is 5.97 Å². The van der Waals surface area contributed by atoms with Gasteiger partial charge in [0.2, 0.25) is 65.0 Å². The molecule has 4 rings (SSSR count). The Morgan fingerprint density at radius 1 is 0.548 bits per heavy atom. The zero-order chi connectivity index (χ0) is 78.6. The second-order valence-corrected chi connectivity index (χ2v) is 30.6. The fourth-order valence-corrected chi connectivity index (χ4v) is 13.1. The van der Waals surface area contributed by atoms with E-state index in [1.165, 1.54) is 87.7 Å². The molecule has 1 fully saturated rings. The van der Waals surface area contributed by atoms with Crippen LogP contribution in [0, 0.1) is 41.4 Å². The van der Waals surface area contributed by atoms with Crippen LogP contribution in [-0.2, 0) is 64.0 Å². The maximum Gasteiger partial charge on any atom is 0.338 e. The van der Waals surface area contributed by atoms with Gasteiger partial charge in [-0.2, -0.15) is 0 Å². The van der Waals surface area contributed by atoms with Crippen molar-refractivity contribution in [3.63, 3.8) is 0 Å². The molecule has 0 saturated carbocycles. The number of allylic oxidation sites excluding steroid dienone is 1. The number of amides is 11. The van der Waals surface area contributed by atoms with Crippen LogP contribution in [0.5, 0.6) is 0 Å². The number of carbonyl (C=O) groups excluding carboxylic acids is 12. The fourth-order valence-electron chi connectivity index (χ4n) is 13.1. The number of aromatic nitrogens is 2. The minimum absolute atomic E-state index is 0.0325. The smallest absolute Gasteiger partial charge is 0.338 e. The van der Waals surface area contributed by atoms with Crippen molar-refractivity contribution in [2.75, 3.05) is 62.5 Å². The summed E-state index contributed by atoms with van der Waals surface area (Å²) in [7, 11) is 9.84. The van der Waals surface area contributed by atoms with E-state index in [0.717, 1.165) is 20.7 Å². The highest BCUT2D eigenvalue weighted by Crippen LogP contribution is 2.29. The maximum atomic E-state index is 15.6. The van der Waals surface area contributed by atoms with Gasteiger partial charge in [-0.25, -0.2) is 9.78 Å². The monoisotopic (exact) mass is 1450 g/mol. The van der Waals surface area contributed by atoms with Crippen LogP contribution in [0.3, 0.4) is 0 Å². The first-order chi connectivity index (χ1) is 48.6. The van der Waals surface area contributed by atoms with Crippen LogP contribution in [0.2, 0.25) is 0 Å². The Kier molecular flexibility index (Phi) is 33.7. The molecule has 578 valence electrons. The van der Waals surface area contributed by atoms with Crippen LogP contribution >= 0.6 is 0 Å². The number of benzene rings is 2. The molecule has 0 radical (unpaired) electrons. The molecule has 27 nitrogen and oxygen atoms in total. The summed E-state index contributed by atoms with van der Waals surface area (Å²) in [6.07, 6.45) is 7.60. The second kappa shape index (κ2) is 39.9. The van der Waals surface area contributed by atoms with E-state index in [1.54, 1.807) is 83.0 Å². The molecule has 1 aliphatic heterocycles. The molecule has 27 heteroatoms. The van der Waals surface area contributed by atoms with E-state index >= 15 is 19.2 Å². The number of fused-ring (bicyclic) bond motifs is 1. The van der Waals surface area contributed by atoms with Crippen LogP contribution in [-0.4, -0.2) is 249 Å². The van der Waals surface area contributed by atoms with E-state index in [1.807, 2.05) is 85.7 Å². The highest BCUT2D eigenvalue weighted by atomic mass is 16.5. The first kappa shape index (κ1) is 87.7. The molecular weight excluding hydrogens is 1330 g/mol. The lowest BCUT2D eigenvalue weighted by Crippen LogP contribution is -2.63. The predicted octanol–water partition coefficient (Wildman–Crippen LogP) is 5.61. The topological polar surface area (TPSA) is 323 Å². The third kappa shape index (κ3) is 23.4. The summed E-state index contributed by atoms with van der Waals surface area (Å²) >= 11 is 0. The Morgan fingerprint density at radius 2 is 1.05 bits per heavy atom. The summed E-state index contributed by atoms with van der Waals surface area (Å²) in [5.74, 6) is -11.0. The first-order valence-electron chi connectivity index (χ1n) is 36.6. The molecule has 104 heavy (non-hydrogen) atoms. The minimum Gasteiger partial charge on any atom is -0.460 e. The SMILES string of the molecule is CC[C@@H]1NC(=O)[C@H]([C@H](O)[C@H](C)C/C=C/c2ccc(C(=O)OCCn3ccnc3)c3ccccc23)N(C)C(=O)[C@H](C(C)C)N(C)C(=O)[C@H](CC(C)C)N(C)C(=O)[C@H](CC(C)C)N(C)C(=O)[C@@H](C)NC(=O)[C@H](C)NC(=O)[C@H](CC(C)C)N(C)C(=O)[C@H](C(C)C)NC(=O)[C@H](CC(C)C)N(C)C(=O)CN(C)C1=O. The molecule has 11 amide bonds. The van der Waals surface area contributed by atoms with Gasteiger partial charge in [0, 0.05) is 61.7 Å². The molecule has 12 atom stereocenters. The van der Waals surface area contributed by atoms with Gasteiger partial charge in [0.1, 0.15) is 67.0 Å². The average Bonchev–Trinajstić information content (AvgIpc) is 0.820. The van der Waals surface area contributed by atoms with Crippen molar-refractivity contribution in [3.8, 4) is 0 Å². The predicted molar refractivity (Wildman–Crippen MR) is 399 cm³/mol. The normalized spacial score (nSPS) is 24.1. The third-order valence-electron chi connectivity index (χ3n) is 19.5. The maximum absolute atomic E-state index is 15.6. The molecule has 1 saturated heterocycles. The Hall–Kier alpha value is -8.75. The number of esters is 1. The largest absolute Gasteiger partial charge is 0.460 e. The fraction of sp³-hybridized carbons (Fsp3) is 0.649. The lowest BCUT2D eigenvalue weighted by Gasteiger charge is -2.41. The highest BCUT2D eigenvalue weighted by molar-refractivity contribution is 6.07. The number of rotatable bonds is 20. The lowest BCUT2D eigenvalue weighted by molar-refractivity contribution is -0.157. The number of aliphatic hydroxyl groups excluding tert-OH is 1. The number of ether oxygens (including phenoxy) is 1. The number of nitrogens with one attached hydrogen (secondary N) is 4. The van der Waals surface area contributed by atoms with Crippen molar-refractivity contribution in [2.24, 2.45) is 41.4 Å². The molecule has 1 aromatic heterocycles. The van der Waals surface area contributed by atoms with Crippen molar-refractivity contribution in [2.45, 2.75) is 222 Å². The van der Waals surface area contributed by atoms with E-state index in [-0.39, 0.29) is 68.8 Å². The Balaban J connectivity index is 1.89. The van der Waals surface area contributed by atoms with Gasteiger partial charge in [-0.15, -0.1) is 0 Å². The van der Waals surface area contributed by atoms with Gasteiger partial charge in [-0.1, -0.05) is 139 Å². The molecular formula is C77H121N13O14. The Morgan fingerprint density at radius 3 is 1.58 bits per heavy atom. The quantitative estimate of drug-likeness (QED) is 0.0858. The van der Waals surface area contributed by atoms with Gasteiger partial charge in [0.15, 0.2) is 0 Å². The van der Waals surface area contributed by atoms with Crippen LogP contribution in [0.1, 0.15) is 165 Å². The van der Waals surface area contributed by atoms with Gasteiger partial charge in [0.25, 0.3) is 0 Å². The summed E-state index contributed by atoms with van der Waals surface area (Å²) in [5.41, 5.74) is 1.08. The van der Waals surface area contributed by atoms with Gasteiger partial charge in [-0.05, 0) is 116 Å². The number of nitrogens with zero attached hydrogens (tertiary/aromatic N) is 9. The van der Waals surface area contributed by atoms with Crippen LogP contribution in [0.15, 0.2) is 61.2 Å². The standard InChI is InChI=1S/C77H121N13O14/c1-24-57-72(98)83(17)42-62(91)84(18)58(38-44(2)3)69(95)82-63(48(10)11)75(101)85(19)59(39-45(4)5)68(94)79-51(15)67(93)80-52(16)71(97)86(20)60(40-46(6)7)73(99)87(21)61(41-47(8)9)74(100)88(22)64(49(12)13)76(102)89(23)65(70(96)81-57)66(92)50(14)28-27-29-53-32-33-56(55-31-26-25-30-54(53)55)77(103)104-37-36-90-35-34-78-43-90/h25-27,29-35,43-52,57-61,63-66,92H,24,28,36-42H2,1-23H3,(H,79,94)(H,80,93)(H,81,96)(H,82,95)/b29-27+/t50-,51+,52-,57+,58+,59+,60+,61+,63+,64+,65+,66-/m1/s1. The summed E-state index contributed by atoms with van der Waals surface area (Å²) < 4.78 is 7.44. The van der Waals surface area contributed by atoms with Crippen molar-refractivity contribution >= 4 is 87.8 Å². The van der Waals surface area contributed by atoms with E-state index in [0.29, 0.717) is 17.5 Å². The van der Waals surface area contributed by atoms with Gasteiger partial charge in [-0.3, -0.25) is 52.7 Å². The lowest BCUT2D eigenvalue weighted by atomic mass is 9.91. The molecule has 0 spiro atoms. The number of hydrogen-bond donors (Lipinski definition) is 5. The van der Waals surface area contributed by atoms with Gasteiger partial charge in [0.05, 0.1) is 31.1 Å². The highest BCUT2D eigenvalue weighted by Gasteiger charge is 2.46. The van der Waals surface area contributed by atoms with E-state index in [2.05, 4.69) is 26.3 Å². The van der Waals surface area contributed by atoms with Crippen molar-refractivity contribution in [1.82, 2.24) is 65.1 Å². The molecule has 0 aliphatic carbocycles. The van der Waals surface area contributed by atoms with Crippen LogP contribution < -0.4 is 21.3 Å². The van der Waals surface area contributed by atoms with E-state index in [9.17, 15) is 43.5 Å². The first-order valence-corrected chi connectivity index (χ1v) is 36.6. The molecule has 0 bridgehead atoms. The number of carbonyl (C=O) groups is 12.